The summed E-state index contributed by atoms with van der Waals surface area (Å²) in [6, 6.07) is 3.08. The van der Waals surface area contributed by atoms with Crippen LogP contribution in [0.5, 0.6) is 11.5 Å². The molecule has 1 aliphatic heterocycles. The molecule has 0 aliphatic carbocycles. The Labute approximate surface area is 146 Å². The summed E-state index contributed by atoms with van der Waals surface area (Å²) in [5.74, 6) is 0.633. The molecule has 2 heterocycles. The van der Waals surface area contributed by atoms with E-state index in [9.17, 15) is 9.90 Å². The fraction of sp³-hybridized carbons (Fsp3) is 0.450. The second-order valence-electron chi connectivity index (χ2n) is 7.15. The smallest absolute Gasteiger partial charge is 0.343 e. The first kappa shape index (κ1) is 17.5. The SMILES string of the molecule is CC(=CCC[C@@]1(C)c2c(c3c(C)cc(O)cc3oc2=O)O[C@@H]1C)CO. The van der Waals surface area contributed by atoms with Crippen molar-refractivity contribution in [1.82, 2.24) is 0 Å². The van der Waals surface area contributed by atoms with Crippen molar-refractivity contribution in [3.63, 3.8) is 0 Å². The summed E-state index contributed by atoms with van der Waals surface area (Å²) in [4.78, 5) is 12.7. The Morgan fingerprint density at radius 1 is 1.40 bits per heavy atom. The van der Waals surface area contributed by atoms with Crippen molar-refractivity contribution in [2.45, 2.75) is 52.1 Å². The summed E-state index contributed by atoms with van der Waals surface area (Å²) in [5, 5.41) is 19.6. The van der Waals surface area contributed by atoms with Gasteiger partial charge in [0.05, 0.1) is 17.6 Å². The first-order valence-corrected chi connectivity index (χ1v) is 8.52. The highest BCUT2D eigenvalue weighted by Gasteiger charge is 2.46. The average Bonchev–Trinajstić information content (AvgIpc) is 2.78. The minimum absolute atomic E-state index is 0.0365. The third-order valence-corrected chi connectivity index (χ3v) is 5.31. The van der Waals surface area contributed by atoms with Gasteiger partial charge in [-0.05, 0) is 45.2 Å². The molecule has 0 amide bonds. The van der Waals surface area contributed by atoms with E-state index in [1.165, 1.54) is 6.07 Å². The molecule has 1 aromatic heterocycles. The monoisotopic (exact) mass is 344 g/mol. The minimum Gasteiger partial charge on any atom is -0.508 e. The molecule has 0 radical (unpaired) electrons. The third kappa shape index (κ3) is 2.82. The van der Waals surface area contributed by atoms with E-state index in [1.54, 1.807) is 6.07 Å². The molecule has 2 aromatic rings. The predicted molar refractivity (Wildman–Crippen MR) is 96.4 cm³/mol. The Morgan fingerprint density at radius 2 is 2.12 bits per heavy atom. The Hall–Kier alpha value is -2.27. The predicted octanol–water partition coefficient (Wildman–Crippen LogP) is 3.56. The fourth-order valence-corrected chi connectivity index (χ4v) is 3.61. The molecule has 0 saturated carbocycles. The quantitative estimate of drug-likeness (QED) is 0.655. The van der Waals surface area contributed by atoms with Crippen LogP contribution in [0.3, 0.4) is 0 Å². The van der Waals surface area contributed by atoms with E-state index >= 15 is 0 Å². The number of phenolic OH excluding ortho intramolecular Hbond substituents is 1. The van der Waals surface area contributed by atoms with Gasteiger partial charge in [-0.2, -0.15) is 0 Å². The Bertz CT molecular complexity index is 908. The number of ether oxygens (including phenoxy) is 1. The van der Waals surface area contributed by atoms with Crippen molar-refractivity contribution in [2.24, 2.45) is 0 Å². The van der Waals surface area contributed by atoms with Crippen molar-refractivity contribution in [3.05, 3.63) is 45.3 Å². The lowest BCUT2D eigenvalue weighted by molar-refractivity contribution is 0.168. The number of fused-ring (bicyclic) bond motifs is 3. The number of aryl methyl sites for hydroxylation is 1. The molecule has 0 saturated heterocycles. The zero-order valence-electron chi connectivity index (χ0n) is 15.0. The average molecular weight is 344 g/mol. The van der Waals surface area contributed by atoms with Gasteiger partial charge in [-0.25, -0.2) is 4.79 Å². The molecule has 3 rings (SSSR count). The molecule has 0 bridgehead atoms. The molecule has 2 N–H and O–H groups in total. The second kappa shape index (κ2) is 6.23. The van der Waals surface area contributed by atoms with Gasteiger partial charge in [0.15, 0.2) is 0 Å². The van der Waals surface area contributed by atoms with Crippen LogP contribution in [0.25, 0.3) is 11.0 Å². The molecule has 0 fully saturated rings. The fourth-order valence-electron chi connectivity index (χ4n) is 3.61. The minimum atomic E-state index is -0.472. The van der Waals surface area contributed by atoms with Crippen LogP contribution in [0.4, 0.5) is 0 Å². The maximum Gasteiger partial charge on any atom is 0.343 e. The Morgan fingerprint density at radius 3 is 2.80 bits per heavy atom. The van der Waals surface area contributed by atoms with Crippen LogP contribution in [0.15, 0.2) is 33.0 Å². The molecule has 0 spiro atoms. The maximum absolute atomic E-state index is 12.7. The van der Waals surface area contributed by atoms with Gasteiger partial charge in [-0.3, -0.25) is 0 Å². The summed E-state index contributed by atoms with van der Waals surface area (Å²) in [6.07, 6.45) is 3.27. The van der Waals surface area contributed by atoms with Gasteiger partial charge in [-0.1, -0.05) is 18.6 Å². The number of hydrogen-bond acceptors (Lipinski definition) is 5. The van der Waals surface area contributed by atoms with Crippen LogP contribution < -0.4 is 10.4 Å². The standard InChI is InChI=1S/C20H24O5/c1-11(10-21)6-5-7-20(4)13(3)24-18-16-12(2)8-14(22)9-15(16)25-19(23)17(18)20/h6,8-9,13,21-22H,5,7,10H2,1-4H3/t13-,20-/m1/s1. The number of rotatable bonds is 4. The summed E-state index contributed by atoms with van der Waals surface area (Å²) in [6.45, 7) is 7.75. The topological polar surface area (TPSA) is 79.9 Å². The number of phenols is 1. The van der Waals surface area contributed by atoms with Gasteiger partial charge >= 0.3 is 5.63 Å². The van der Waals surface area contributed by atoms with Crippen molar-refractivity contribution in [1.29, 1.82) is 0 Å². The van der Waals surface area contributed by atoms with Crippen molar-refractivity contribution in [3.8, 4) is 11.5 Å². The number of benzene rings is 1. The van der Waals surface area contributed by atoms with Gasteiger partial charge in [0, 0.05) is 11.5 Å². The van der Waals surface area contributed by atoms with Gasteiger partial charge in [0.2, 0.25) is 0 Å². The van der Waals surface area contributed by atoms with E-state index < -0.39 is 11.0 Å². The van der Waals surface area contributed by atoms with E-state index in [-0.39, 0.29) is 18.5 Å². The molecule has 25 heavy (non-hydrogen) atoms. The number of aliphatic hydroxyl groups is 1. The number of aromatic hydroxyl groups is 1. The lowest BCUT2D eigenvalue weighted by Gasteiger charge is -2.26. The lowest BCUT2D eigenvalue weighted by Crippen LogP contribution is -2.35. The first-order chi connectivity index (χ1) is 11.8. The molecule has 5 nitrogen and oxygen atoms in total. The van der Waals surface area contributed by atoms with E-state index in [1.807, 2.05) is 33.8 Å². The largest absolute Gasteiger partial charge is 0.508 e. The molecule has 1 aliphatic rings. The van der Waals surface area contributed by atoms with Gasteiger partial charge < -0.3 is 19.4 Å². The highest BCUT2D eigenvalue weighted by molar-refractivity contribution is 5.89. The van der Waals surface area contributed by atoms with Crippen LogP contribution in [0.2, 0.25) is 0 Å². The maximum atomic E-state index is 12.7. The van der Waals surface area contributed by atoms with Crippen molar-refractivity contribution >= 4 is 11.0 Å². The highest BCUT2D eigenvalue weighted by atomic mass is 16.5. The summed E-state index contributed by atoms with van der Waals surface area (Å²) in [7, 11) is 0. The summed E-state index contributed by atoms with van der Waals surface area (Å²) >= 11 is 0. The molecule has 134 valence electrons. The summed E-state index contributed by atoms with van der Waals surface area (Å²) in [5.41, 5.74) is 1.74. The second-order valence-corrected chi connectivity index (χ2v) is 7.15. The van der Waals surface area contributed by atoms with Gasteiger partial charge in [-0.15, -0.1) is 0 Å². The van der Waals surface area contributed by atoms with Crippen LogP contribution in [-0.2, 0) is 5.41 Å². The van der Waals surface area contributed by atoms with Gasteiger partial charge in [0.25, 0.3) is 0 Å². The van der Waals surface area contributed by atoms with Crippen LogP contribution in [-0.4, -0.2) is 22.9 Å². The molecule has 5 heteroatoms. The van der Waals surface area contributed by atoms with Crippen LogP contribution in [0.1, 0.15) is 44.7 Å². The van der Waals surface area contributed by atoms with Crippen LogP contribution >= 0.6 is 0 Å². The highest BCUT2D eigenvalue weighted by Crippen LogP contribution is 2.48. The number of allylic oxidation sites excluding steroid dienone is 1. The number of aliphatic hydroxyl groups excluding tert-OH is 1. The third-order valence-electron chi connectivity index (χ3n) is 5.31. The van der Waals surface area contributed by atoms with Crippen molar-refractivity contribution in [2.75, 3.05) is 6.61 Å². The number of hydrogen-bond donors (Lipinski definition) is 2. The van der Waals surface area contributed by atoms with Gasteiger partial charge in [0.1, 0.15) is 23.2 Å². The van der Waals surface area contributed by atoms with E-state index in [0.717, 1.165) is 22.9 Å². The lowest BCUT2D eigenvalue weighted by atomic mass is 9.76. The Balaban J connectivity index is 2.14. The Kier molecular flexibility index (Phi) is 4.37. The first-order valence-electron chi connectivity index (χ1n) is 8.52. The molecule has 1 aromatic carbocycles. The van der Waals surface area contributed by atoms with E-state index in [4.69, 9.17) is 14.3 Å². The zero-order valence-corrected chi connectivity index (χ0v) is 15.0. The summed E-state index contributed by atoms with van der Waals surface area (Å²) < 4.78 is 11.6. The normalized spacial score (nSPS) is 22.9. The zero-order chi connectivity index (χ0) is 18.4. The molecular formula is C20H24O5. The van der Waals surface area contributed by atoms with E-state index in [2.05, 4.69) is 0 Å². The van der Waals surface area contributed by atoms with Crippen molar-refractivity contribution < 1.29 is 19.4 Å². The molecular weight excluding hydrogens is 320 g/mol. The molecule has 0 unspecified atom stereocenters. The van der Waals surface area contributed by atoms with Crippen LogP contribution in [0, 0.1) is 6.92 Å². The molecule has 2 atom stereocenters. The van der Waals surface area contributed by atoms with E-state index in [0.29, 0.717) is 23.3 Å².